The molecule has 0 aromatic rings. The largest absolute Gasteiger partial charge is 0.378 e. The van der Waals surface area contributed by atoms with Crippen LogP contribution >= 0.6 is 0 Å². The van der Waals surface area contributed by atoms with Crippen molar-refractivity contribution in [3.05, 3.63) is 22.9 Å². The monoisotopic (exact) mass is 194 g/mol. The fourth-order valence-corrected chi connectivity index (χ4v) is 1.31. The Kier molecular flexibility index (Phi) is 4.56. The van der Waals surface area contributed by atoms with E-state index in [9.17, 15) is 0 Å². The van der Waals surface area contributed by atoms with Gasteiger partial charge in [0, 0.05) is 26.4 Å². The number of aliphatic imine (C=N–C) groups is 1. The van der Waals surface area contributed by atoms with Gasteiger partial charge in [0.15, 0.2) is 0 Å². The number of hydrogen-bond donors (Lipinski definition) is 1. The van der Waals surface area contributed by atoms with E-state index in [0.29, 0.717) is 6.61 Å². The van der Waals surface area contributed by atoms with E-state index in [-0.39, 0.29) is 0 Å². The summed E-state index contributed by atoms with van der Waals surface area (Å²) in [4.78, 5) is 4.38. The number of ether oxygens (including phenoxy) is 1. The highest BCUT2D eigenvalue weighted by Gasteiger charge is 2.06. The second-order valence-electron chi connectivity index (χ2n) is 3.38. The lowest BCUT2D eigenvalue weighted by atomic mass is 10.2. The van der Waals surface area contributed by atoms with Crippen molar-refractivity contribution in [3.8, 4) is 0 Å². The Bertz CT molecular complexity index is 277. The van der Waals surface area contributed by atoms with E-state index in [4.69, 9.17) is 4.74 Å². The molecule has 0 saturated heterocycles. The smallest absolute Gasteiger partial charge is 0.0880 e. The zero-order valence-electron chi connectivity index (χ0n) is 9.13. The second kappa shape index (κ2) is 5.73. The molecule has 1 aliphatic heterocycles. The molecule has 1 N–H and O–H groups in total. The van der Waals surface area contributed by atoms with E-state index in [1.165, 1.54) is 11.1 Å². The Morgan fingerprint density at radius 2 is 2.36 bits per heavy atom. The standard InChI is InChI=1S/C11H18N2O/c1-4-11(8-14-3)13-7-10-6-12-5-9(10)2/h4,7,12H,5-6,8H2,1-3H3. The first-order valence-electron chi connectivity index (χ1n) is 4.85. The quantitative estimate of drug-likeness (QED) is 0.688. The van der Waals surface area contributed by atoms with Gasteiger partial charge in [-0.25, -0.2) is 0 Å². The number of allylic oxidation sites excluding steroid dienone is 1. The Hall–Kier alpha value is -0.930. The maximum atomic E-state index is 5.02. The summed E-state index contributed by atoms with van der Waals surface area (Å²) in [6, 6.07) is 0. The minimum atomic E-state index is 0.576. The first-order valence-corrected chi connectivity index (χ1v) is 4.85. The number of nitrogens with zero attached hydrogens (tertiary/aromatic N) is 1. The number of rotatable bonds is 4. The molecular weight excluding hydrogens is 176 g/mol. The van der Waals surface area contributed by atoms with Crippen LogP contribution in [0.15, 0.2) is 27.9 Å². The average molecular weight is 194 g/mol. The van der Waals surface area contributed by atoms with Crippen LogP contribution < -0.4 is 5.32 Å². The molecule has 0 aromatic carbocycles. The molecule has 14 heavy (non-hydrogen) atoms. The maximum Gasteiger partial charge on any atom is 0.0880 e. The lowest BCUT2D eigenvalue weighted by Crippen LogP contribution is -2.08. The fourth-order valence-electron chi connectivity index (χ4n) is 1.31. The Morgan fingerprint density at radius 3 is 2.86 bits per heavy atom. The van der Waals surface area contributed by atoms with Gasteiger partial charge in [0.1, 0.15) is 0 Å². The molecule has 0 bridgehead atoms. The van der Waals surface area contributed by atoms with Crippen LogP contribution in [0.25, 0.3) is 0 Å². The summed E-state index contributed by atoms with van der Waals surface area (Å²) >= 11 is 0. The van der Waals surface area contributed by atoms with Crippen LogP contribution in [0.1, 0.15) is 13.8 Å². The van der Waals surface area contributed by atoms with Gasteiger partial charge in [-0.2, -0.15) is 0 Å². The van der Waals surface area contributed by atoms with E-state index in [1.807, 2.05) is 19.2 Å². The first-order chi connectivity index (χ1) is 6.77. The van der Waals surface area contributed by atoms with E-state index in [0.717, 1.165) is 18.8 Å². The first kappa shape index (κ1) is 11.1. The van der Waals surface area contributed by atoms with Crippen molar-refractivity contribution in [3.63, 3.8) is 0 Å². The SMILES string of the molecule is CC=C(COC)N=CC1=C(C)CNC1. The molecule has 0 amide bonds. The van der Waals surface area contributed by atoms with Crippen LogP contribution in [0.3, 0.4) is 0 Å². The molecule has 1 aliphatic rings. The summed E-state index contributed by atoms with van der Waals surface area (Å²) in [6.45, 7) is 6.59. The molecule has 0 spiro atoms. The Balaban J connectivity index is 2.58. The van der Waals surface area contributed by atoms with Gasteiger partial charge in [-0.05, 0) is 19.4 Å². The topological polar surface area (TPSA) is 33.6 Å². The van der Waals surface area contributed by atoms with Gasteiger partial charge in [-0.15, -0.1) is 0 Å². The van der Waals surface area contributed by atoms with Crippen LogP contribution in [0.4, 0.5) is 0 Å². The van der Waals surface area contributed by atoms with Crippen molar-refractivity contribution in [2.45, 2.75) is 13.8 Å². The van der Waals surface area contributed by atoms with Crippen LogP contribution in [0, 0.1) is 0 Å². The van der Waals surface area contributed by atoms with Crippen molar-refractivity contribution >= 4 is 6.21 Å². The number of hydrogen-bond acceptors (Lipinski definition) is 3. The lowest BCUT2D eigenvalue weighted by Gasteiger charge is -1.99. The van der Waals surface area contributed by atoms with Gasteiger partial charge >= 0.3 is 0 Å². The Morgan fingerprint density at radius 1 is 1.57 bits per heavy atom. The molecular formula is C11H18N2O. The van der Waals surface area contributed by atoms with E-state index in [1.54, 1.807) is 7.11 Å². The summed E-state index contributed by atoms with van der Waals surface area (Å²) in [5.41, 5.74) is 3.64. The fraction of sp³-hybridized carbons (Fsp3) is 0.545. The van der Waals surface area contributed by atoms with Gasteiger partial charge < -0.3 is 10.1 Å². The molecule has 78 valence electrons. The zero-order valence-corrected chi connectivity index (χ0v) is 9.13. The summed E-state index contributed by atoms with van der Waals surface area (Å²) in [5.74, 6) is 0. The van der Waals surface area contributed by atoms with Gasteiger partial charge in [-0.1, -0.05) is 11.6 Å². The molecule has 0 atom stereocenters. The molecule has 1 heterocycles. The molecule has 0 aromatic heterocycles. The van der Waals surface area contributed by atoms with E-state index in [2.05, 4.69) is 17.2 Å². The van der Waals surface area contributed by atoms with Gasteiger partial charge in [0.2, 0.25) is 0 Å². The highest BCUT2D eigenvalue weighted by Crippen LogP contribution is 2.07. The number of methoxy groups -OCH3 is 1. The third-order valence-corrected chi connectivity index (χ3v) is 2.27. The third-order valence-electron chi connectivity index (χ3n) is 2.27. The van der Waals surface area contributed by atoms with Crippen LogP contribution in [-0.2, 0) is 4.74 Å². The number of nitrogens with one attached hydrogen (secondary N) is 1. The molecule has 0 fully saturated rings. The molecule has 0 radical (unpaired) electrons. The molecule has 3 heteroatoms. The van der Waals surface area contributed by atoms with Gasteiger partial charge in [0.25, 0.3) is 0 Å². The normalized spacial score (nSPS) is 18.6. The van der Waals surface area contributed by atoms with Gasteiger partial charge in [-0.3, -0.25) is 4.99 Å². The van der Waals surface area contributed by atoms with Crippen molar-refractivity contribution in [2.24, 2.45) is 4.99 Å². The second-order valence-corrected chi connectivity index (χ2v) is 3.38. The summed E-state index contributed by atoms with van der Waals surface area (Å²) in [7, 11) is 1.68. The average Bonchev–Trinajstić information content (AvgIpc) is 2.59. The summed E-state index contributed by atoms with van der Waals surface area (Å²) in [6.07, 6.45) is 3.90. The molecule has 0 saturated carbocycles. The van der Waals surface area contributed by atoms with Gasteiger partial charge in [0.05, 0.1) is 12.3 Å². The van der Waals surface area contributed by atoms with Crippen molar-refractivity contribution in [1.82, 2.24) is 5.32 Å². The van der Waals surface area contributed by atoms with Crippen molar-refractivity contribution in [2.75, 3.05) is 26.8 Å². The molecule has 1 rings (SSSR count). The maximum absolute atomic E-state index is 5.02. The summed E-state index contributed by atoms with van der Waals surface area (Å²) in [5, 5.41) is 3.28. The minimum Gasteiger partial charge on any atom is -0.378 e. The van der Waals surface area contributed by atoms with Crippen LogP contribution in [0.2, 0.25) is 0 Å². The van der Waals surface area contributed by atoms with Crippen LogP contribution in [-0.4, -0.2) is 33.0 Å². The zero-order chi connectivity index (χ0) is 10.4. The summed E-state index contributed by atoms with van der Waals surface area (Å²) < 4.78 is 5.02. The predicted octanol–water partition coefficient (Wildman–Crippen LogP) is 1.53. The molecule has 3 nitrogen and oxygen atoms in total. The predicted molar refractivity (Wildman–Crippen MR) is 59.7 cm³/mol. The van der Waals surface area contributed by atoms with Crippen LogP contribution in [0.5, 0.6) is 0 Å². The Labute approximate surface area is 85.6 Å². The minimum absolute atomic E-state index is 0.576. The van der Waals surface area contributed by atoms with E-state index < -0.39 is 0 Å². The van der Waals surface area contributed by atoms with E-state index >= 15 is 0 Å². The third kappa shape index (κ3) is 3.09. The lowest BCUT2D eigenvalue weighted by molar-refractivity contribution is 0.225. The molecule has 0 unspecified atom stereocenters. The van der Waals surface area contributed by atoms with Crippen molar-refractivity contribution in [1.29, 1.82) is 0 Å². The molecule has 0 aliphatic carbocycles. The highest BCUT2D eigenvalue weighted by molar-refractivity contribution is 5.81. The van der Waals surface area contributed by atoms with Crippen molar-refractivity contribution < 1.29 is 4.74 Å². The highest BCUT2D eigenvalue weighted by atomic mass is 16.5.